The normalized spacial score (nSPS) is 10.3. The zero-order valence-electron chi connectivity index (χ0n) is 11.8. The molecule has 3 rings (SSSR count). The Balaban J connectivity index is 1.79. The Morgan fingerprint density at radius 3 is 2.78 bits per heavy atom. The van der Waals surface area contributed by atoms with Crippen molar-refractivity contribution in [3.05, 3.63) is 46.7 Å². The van der Waals surface area contributed by atoms with E-state index in [1.54, 1.807) is 36.0 Å². The van der Waals surface area contributed by atoms with Gasteiger partial charge in [-0.3, -0.25) is 9.78 Å². The molecular formula is C14H10N4O4S. The molecule has 1 amide bonds. The number of hydrogen-bond acceptors (Lipinski definition) is 8. The minimum atomic E-state index is -0.610. The number of hydrogen-bond donors (Lipinski definition) is 1. The first kappa shape index (κ1) is 14.9. The number of esters is 1. The van der Waals surface area contributed by atoms with Gasteiger partial charge < -0.3 is 14.6 Å². The van der Waals surface area contributed by atoms with E-state index < -0.39 is 11.9 Å². The van der Waals surface area contributed by atoms with Crippen molar-refractivity contribution in [3.63, 3.8) is 0 Å². The van der Waals surface area contributed by atoms with Crippen LogP contribution in [0.1, 0.15) is 20.4 Å². The Morgan fingerprint density at radius 1 is 1.26 bits per heavy atom. The minimum absolute atomic E-state index is 0.209. The number of carbonyl (C=O) groups excluding carboxylic acids is 2. The molecule has 0 saturated heterocycles. The van der Waals surface area contributed by atoms with Crippen molar-refractivity contribution in [2.75, 3.05) is 12.4 Å². The van der Waals surface area contributed by atoms with Crippen LogP contribution in [0.25, 0.3) is 11.4 Å². The Kier molecular flexibility index (Phi) is 4.11. The SMILES string of the molecule is COC(=O)c1sccc1NC(=O)c1nc(-c2ccncc2)no1. The number of nitrogens with one attached hydrogen (secondary N) is 1. The van der Waals surface area contributed by atoms with E-state index in [0.717, 1.165) is 11.3 Å². The third kappa shape index (κ3) is 3.09. The topological polar surface area (TPSA) is 107 Å². The number of pyridine rings is 1. The van der Waals surface area contributed by atoms with Crippen LogP contribution < -0.4 is 5.32 Å². The van der Waals surface area contributed by atoms with Gasteiger partial charge in [-0.1, -0.05) is 5.16 Å². The summed E-state index contributed by atoms with van der Waals surface area (Å²) in [5.41, 5.74) is 1.00. The average Bonchev–Trinajstić information content (AvgIpc) is 3.24. The van der Waals surface area contributed by atoms with Gasteiger partial charge in [-0.2, -0.15) is 4.98 Å². The van der Waals surface area contributed by atoms with Crippen molar-refractivity contribution in [1.29, 1.82) is 0 Å². The molecule has 0 fully saturated rings. The molecule has 0 saturated carbocycles. The summed E-state index contributed by atoms with van der Waals surface area (Å²) < 4.78 is 9.60. The van der Waals surface area contributed by atoms with Crippen LogP contribution >= 0.6 is 11.3 Å². The Labute approximate surface area is 134 Å². The number of rotatable bonds is 4. The number of methoxy groups -OCH3 is 1. The van der Waals surface area contributed by atoms with Gasteiger partial charge in [0.1, 0.15) is 4.88 Å². The highest BCUT2D eigenvalue weighted by molar-refractivity contribution is 7.12. The second kappa shape index (κ2) is 6.36. The minimum Gasteiger partial charge on any atom is -0.465 e. The van der Waals surface area contributed by atoms with E-state index in [4.69, 9.17) is 4.52 Å². The van der Waals surface area contributed by atoms with E-state index in [0.29, 0.717) is 11.3 Å². The van der Waals surface area contributed by atoms with E-state index in [9.17, 15) is 9.59 Å². The molecule has 3 aromatic heterocycles. The van der Waals surface area contributed by atoms with Crippen molar-refractivity contribution < 1.29 is 18.8 Å². The molecule has 23 heavy (non-hydrogen) atoms. The van der Waals surface area contributed by atoms with Gasteiger partial charge in [0, 0.05) is 18.0 Å². The predicted octanol–water partition coefficient (Wildman–Crippen LogP) is 2.23. The highest BCUT2D eigenvalue weighted by Gasteiger charge is 2.20. The van der Waals surface area contributed by atoms with Crippen LogP contribution in [0, 0.1) is 0 Å². The first-order chi connectivity index (χ1) is 11.2. The molecule has 0 unspecified atom stereocenters. The third-order valence-corrected chi connectivity index (χ3v) is 3.74. The predicted molar refractivity (Wildman–Crippen MR) is 81.1 cm³/mol. The number of nitrogens with zero attached hydrogens (tertiary/aromatic N) is 3. The van der Waals surface area contributed by atoms with E-state index in [1.807, 2.05) is 0 Å². The van der Waals surface area contributed by atoms with Gasteiger partial charge in [0.05, 0.1) is 12.8 Å². The molecular weight excluding hydrogens is 320 g/mol. The van der Waals surface area contributed by atoms with Crippen molar-refractivity contribution >= 4 is 28.9 Å². The number of carbonyl (C=O) groups is 2. The molecule has 3 aromatic rings. The quantitative estimate of drug-likeness (QED) is 0.731. The van der Waals surface area contributed by atoms with E-state index in [1.165, 1.54) is 7.11 Å². The molecule has 8 nitrogen and oxygen atoms in total. The monoisotopic (exact) mass is 330 g/mol. The molecule has 0 atom stereocenters. The van der Waals surface area contributed by atoms with Crippen molar-refractivity contribution in [2.45, 2.75) is 0 Å². The fraction of sp³-hybridized carbons (Fsp3) is 0.0714. The lowest BCUT2D eigenvalue weighted by Gasteiger charge is -2.02. The Hall–Kier alpha value is -3.07. The maximum Gasteiger partial charge on any atom is 0.350 e. The summed E-state index contributed by atoms with van der Waals surface area (Å²) in [6.45, 7) is 0. The lowest BCUT2D eigenvalue weighted by Crippen LogP contribution is -2.14. The fourth-order valence-corrected chi connectivity index (χ4v) is 2.53. The molecule has 9 heteroatoms. The van der Waals surface area contributed by atoms with Crippen LogP contribution in [-0.4, -0.2) is 34.1 Å². The van der Waals surface area contributed by atoms with Gasteiger partial charge in [-0.15, -0.1) is 11.3 Å². The van der Waals surface area contributed by atoms with Gasteiger partial charge in [-0.25, -0.2) is 4.79 Å². The third-order valence-electron chi connectivity index (χ3n) is 2.84. The molecule has 0 spiro atoms. The molecule has 1 N–H and O–H groups in total. The molecule has 0 radical (unpaired) electrons. The van der Waals surface area contributed by atoms with Crippen LogP contribution in [0.2, 0.25) is 0 Å². The van der Waals surface area contributed by atoms with E-state index >= 15 is 0 Å². The van der Waals surface area contributed by atoms with Crippen LogP contribution in [0.3, 0.4) is 0 Å². The molecule has 0 aliphatic carbocycles. The van der Waals surface area contributed by atoms with Crippen molar-refractivity contribution in [3.8, 4) is 11.4 Å². The number of amides is 1. The largest absolute Gasteiger partial charge is 0.465 e. The fourth-order valence-electron chi connectivity index (χ4n) is 1.77. The van der Waals surface area contributed by atoms with Crippen LogP contribution in [0.15, 0.2) is 40.5 Å². The van der Waals surface area contributed by atoms with Gasteiger partial charge in [0.15, 0.2) is 0 Å². The highest BCUT2D eigenvalue weighted by Crippen LogP contribution is 2.24. The smallest absolute Gasteiger partial charge is 0.350 e. The van der Waals surface area contributed by atoms with Gasteiger partial charge in [0.25, 0.3) is 0 Å². The second-order valence-electron chi connectivity index (χ2n) is 4.27. The zero-order valence-corrected chi connectivity index (χ0v) is 12.7. The lowest BCUT2D eigenvalue weighted by molar-refractivity contribution is 0.0607. The Morgan fingerprint density at radius 2 is 2.04 bits per heavy atom. The number of ether oxygens (including phenoxy) is 1. The summed E-state index contributed by atoms with van der Waals surface area (Å²) in [5, 5.41) is 7.96. The summed E-state index contributed by atoms with van der Waals surface area (Å²) in [5.74, 6) is -1.07. The van der Waals surface area contributed by atoms with E-state index in [2.05, 4.69) is 25.2 Å². The second-order valence-corrected chi connectivity index (χ2v) is 5.18. The summed E-state index contributed by atoms with van der Waals surface area (Å²) in [6, 6.07) is 4.98. The molecule has 3 heterocycles. The standard InChI is InChI=1S/C14H10N4O4S/c1-21-14(20)10-9(4-7-23-10)16-12(19)13-17-11(18-22-13)8-2-5-15-6-3-8/h2-7H,1H3,(H,16,19). The molecule has 0 bridgehead atoms. The van der Waals surface area contributed by atoms with Crippen LogP contribution in [-0.2, 0) is 4.74 Å². The summed E-state index contributed by atoms with van der Waals surface area (Å²) in [6.07, 6.45) is 3.17. The number of anilines is 1. The van der Waals surface area contributed by atoms with Crippen molar-refractivity contribution in [1.82, 2.24) is 15.1 Å². The Bertz CT molecular complexity index is 843. The molecule has 0 aromatic carbocycles. The maximum atomic E-state index is 12.2. The number of aromatic nitrogens is 3. The van der Waals surface area contributed by atoms with Crippen LogP contribution in [0.4, 0.5) is 5.69 Å². The molecule has 0 aliphatic rings. The van der Waals surface area contributed by atoms with E-state index in [-0.39, 0.29) is 16.6 Å². The number of thiophene rings is 1. The summed E-state index contributed by atoms with van der Waals surface area (Å²) in [7, 11) is 1.27. The molecule has 0 aliphatic heterocycles. The maximum absolute atomic E-state index is 12.2. The summed E-state index contributed by atoms with van der Waals surface area (Å²) >= 11 is 1.16. The zero-order chi connectivity index (χ0) is 16.2. The lowest BCUT2D eigenvalue weighted by atomic mass is 10.2. The van der Waals surface area contributed by atoms with Crippen molar-refractivity contribution in [2.24, 2.45) is 0 Å². The first-order valence-corrected chi connectivity index (χ1v) is 7.28. The molecule has 116 valence electrons. The average molecular weight is 330 g/mol. The van der Waals surface area contributed by atoms with Gasteiger partial charge >= 0.3 is 17.8 Å². The van der Waals surface area contributed by atoms with Gasteiger partial charge in [-0.05, 0) is 23.6 Å². The highest BCUT2D eigenvalue weighted by atomic mass is 32.1. The first-order valence-electron chi connectivity index (χ1n) is 6.40. The van der Waals surface area contributed by atoms with Gasteiger partial charge in [0.2, 0.25) is 5.82 Å². The van der Waals surface area contributed by atoms with Crippen LogP contribution in [0.5, 0.6) is 0 Å². The summed E-state index contributed by atoms with van der Waals surface area (Å²) in [4.78, 5) is 31.9.